The van der Waals surface area contributed by atoms with Gasteiger partial charge in [0.05, 0.1) is 66.1 Å². The smallest absolute Gasteiger partial charge is 0.0701 e. The van der Waals surface area contributed by atoms with Gasteiger partial charge in [-0.05, 0) is 18.2 Å². The molecule has 0 atom stereocenters. The highest BCUT2D eigenvalue weighted by Crippen LogP contribution is 2.19. The fraction of sp³-hybridized carbons (Fsp3) is 0.667. The lowest BCUT2D eigenvalue weighted by atomic mass is 10.3. The van der Waals surface area contributed by atoms with Gasteiger partial charge in [0, 0.05) is 22.9 Å². The molecule has 4 N–H and O–H groups in total. The average molecular weight is 389 g/mol. The van der Waals surface area contributed by atoms with Crippen LogP contribution in [0.25, 0.3) is 0 Å². The summed E-state index contributed by atoms with van der Waals surface area (Å²) in [7, 11) is 0. The Kier molecular flexibility index (Phi) is 15.6. The zero-order valence-corrected chi connectivity index (χ0v) is 16.2. The van der Waals surface area contributed by atoms with E-state index in [1.165, 1.54) is 0 Å². The summed E-state index contributed by atoms with van der Waals surface area (Å²) >= 11 is 1.73. The maximum atomic E-state index is 5.74. The number of thioether (sulfide) groups is 1. The molecular formula is C18H32N2O5S. The van der Waals surface area contributed by atoms with Crippen LogP contribution in [0.4, 0.5) is 5.69 Å². The summed E-state index contributed by atoms with van der Waals surface area (Å²) in [6, 6.07) is 7.85. The molecule has 150 valence electrons. The van der Waals surface area contributed by atoms with E-state index in [-0.39, 0.29) is 0 Å². The summed E-state index contributed by atoms with van der Waals surface area (Å²) in [6.45, 7) is 6.30. The van der Waals surface area contributed by atoms with Gasteiger partial charge < -0.3 is 35.2 Å². The highest BCUT2D eigenvalue weighted by molar-refractivity contribution is 7.99. The third kappa shape index (κ3) is 14.3. The predicted octanol–water partition coefficient (Wildman–Crippen LogP) is 1.40. The molecule has 0 unspecified atom stereocenters. The Hall–Kier alpha value is -0.870. The molecule has 0 aliphatic heterocycles. The van der Waals surface area contributed by atoms with Crippen molar-refractivity contribution in [2.75, 3.05) is 84.1 Å². The van der Waals surface area contributed by atoms with Gasteiger partial charge in [0.25, 0.3) is 0 Å². The molecule has 0 radical (unpaired) electrons. The third-order valence-corrected chi connectivity index (χ3v) is 4.06. The van der Waals surface area contributed by atoms with Crippen molar-refractivity contribution in [1.82, 2.24) is 0 Å². The molecule has 7 nitrogen and oxygen atoms in total. The van der Waals surface area contributed by atoms with Crippen LogP contribution in [-0.4, -0.2) is 78.4 Å². The number of rotatable bonds is 18. The Balaban J connectivity index is 1.73. The van der Waals surface area contributed by atoms with Crippen LogP contribution in [0.5, 0.6) is 0 Å². The monoisotopic (exact) mass is 388 g/mol. The van der Waals surface area contributed by atoms with Gasteiger partial charge in [-0.25, -0.2) is 0 Å². The first-order valence-electron chi connectivity index (χ1n) is 8.90. The van der Waals surface area contributed by atoms with Crippen molar-refractivity contribution in [3.8, 4) is 0 Å². The number of nitrogen functional groups attached to an aromatic ring is 1. The SMILES string of the molecule is NCCOCCOCCOCCOCCOCCSc1cccc(N)c1. The molecule has 0 aliphatic carbocycles. The Morgan fingerprint density at radius 2 is 1.19 bits per heavy atom. The van der Waals surface area contributed by atoms with E-state index in [1.807, 2.05) is 24.3 Å². The number of anilines is 1. The average Bonchev–Trinajstić information content (AvgIpc) is 2.64. The summed E-state index contributed by atoms with van der Waals surface area (Å²) in [6.07, 6.45) is 0. The van der Waals surface area contributed by atoms with Crippen LogP contribution in [0.3, 0.4) is 0 Å². The number of ether oxygens (including phenoxy) is 5. The number of nitrogens with two attached hydrogens (primary N) is 2. The lowest BCUT2D eigenvalue weighted by molar-refractivity contribution is -0.00951. The maximum absolute atomic E-state index is 5.74. The van der Waals surface area contributed by atoms with E-state index in [2.05, 4.69) is 0 Å². The quantitative estimate of drug-likeness (QED) is 0.221. The van der Waals surface area contributed by atoms with Crippen LogP contribution in [0, 0.1) is 0 Å². The molecule has 1 rings (SSSR count). The first kappa shape index (κ1) is 23.2. The van der Waals surface area contributed by atoms with E-state index >= 15 is 0 Å². The first-order valence-corrected chi connectivity index (χ1v) is 9.88. The van der Waals surface area contributed by atoms with Gasteiger partial charge in [-0.15, -0.1) is 11.8 Å². The maximum Gasteiger partial charge on any atom is 0.0701 e. The standard InChI is InChI=1S/C18H32N2O5S/c19-4-5-21-6-7-22-8-9-23-10-11-24-12-13-25-14-15-26-18-3-1-2-17(20)16-18/h1-3,16H,4-15,19-20H2. The number of hydrogen-bond donors (Lipinski definition) is 2. The largest absolute Gasteiger partial charge is 0.399 e. The topological polar surface area (TPSA) is 98.2 Å². The fourth-order valence-electron chi connectivity index (χ4n) is 1.89. The van der Waals surface area contributed by atoms with E-state index in [0.717, 1.165) is 16.3 Å². The van der Waals surface area contributed by atoms with Crippen molar-refractivity contribution >= 4 is 17.4 Å². The minimum absolute atomic E-state index is 0.538. The van der Waals surface area contributed by atoms with E-state index in [4.69, 9.17) is 35.2 Å². The lowest BCUT2D eigenvalue weighted by Crippen LogP contribution is -2.15. The molecule has 26 heavy (non-hydrogen) atoms. The molecule has 8 heteroatoms. The molecule has 1 aromatic carbocycles. The Morgan fingerprint density at radius 1 is 0.692 bits per heavy atom. The van der Waals surface area contributed by atoms with Gasteiger partial charge in [-0.1, -0.05) is 6.07 Å². The normalized spacial score (nSPS) is 11.1. The molecule has 0 saturated carbocycles. The minimum Gasteiger partial charge on any atom is -0.399 e. The molecule has 0 aromatic heterocycles. The van der Waals surface area contributed by atoms with Crippen molar-refractivity contribution in [1.29, 1.82) is 0 Å². The van der Waals surface area contributed by atoms with Crippen LogP contribution in [0.2, 0.25) is 0 Å². The molecule has 0 heterocycles. The van der Waals surface area contributed by atoms with Crippen molar-refractivity contribution < 1.29 is 23.7 Å². The Labute approximate surface area is 160 Å². The van der Waals surface area contributed by atoms with E-state index in [0.29, 0.717) is 72.6 Å². The van der Waals surface area contributed by atoms with Crippen molar-refractivity contribution in [3.63, 3.8) is 0 Å². The Bertz CT molecular complexity index is 440. The highest BCUT2D eigenvalue weighted by Gasteiger charge is 1.96. The Morgan fingerprint density at radius 3 is 1.69 bits per heavy atom. The van der Waals surface area contributed by atoms with Crippen LogP contribution in [0.15, 0.2) is 29.2 Å². The van der Waals surface area contributed by atoms with Crippen molar-refractivity contribution in [3.05, 3.63) is 24.3 Å². The lowest BCUT2D eigenvalue weighted by Gasteiger charge is -2.08. The predicted molar refractivity (Wildman–Crippen MR) is 105 cm³/mol. The molecule has 0 spiro atoms. The van der Waals surface area contributed by atoms with Gasteiger partial charge >= 0.3 is 0 Å². The molecule has 0 amide bonds. The molecular weight excluding hydrogens is 356 g/mol. The second-order valence-corrected chi connectivity index (χ2v) is 6.44. The van der Waals surface area contributed by atoms with Gasteiger partial charge in [-0.3, -0.25) is 0 Å². The number of benzene rings is 1. The second kappa shape index (κ2) is 17.5. The molecule has 0 aliphatic rings. The summed E-state index contributed by atoms with van der Waals surface area (Å²) in [4.78, 5) is 1.16. The molecule has 1 aromatic rings. The van der Waals surface area contributed by atoms with Gasteiger partial charge in [0.1, 0.15) is 0 Å². The van der Waals surface area contributed by atoms with E-state index in [9.17, 15) is 0 Å². The molecule has 0 bridgehead atoms. The van der Waals surface area contributed by atoms with Gasteiger partial charge in [-0.2, -0.15) is 0 Å². The molecule has 0 fully saturated rings. The second-order valence-electron chi connectivity index (χ2n) is 5.27. The zero-order chi connectivity index (χ0) is 18.7. The van der Waals surface area contributed by atoms with Crippen LogP contribution in [-0.2, 0) is 23.7 Å². The van der Waals surface area contributed by atoms with E-state index in [1.54, 1.807) is 11.8 Å². The first-order chi connectivity index (χ1) is 12.8. The summed E-state index contributed by atoms with van der Waals surface area (Å²) in [5.41, 5.74) is 11.8. The number of hydrogen-bond acceptors (Lipinski definition) is 8. The van der Waals surface area contributed by atoms with Crippen LogP contribution < -0.4 is 11.5 Å². The van der Waals surface area contributed by atoms with Crippen LogP contribution >= 0.6 is 11.8 Å². The van der Waals surface area contributed by atoms with Gasteiger partial charge in [0.15, 0.2) is 0 Å². The molecule has 0 saturated heterocycles. The fourth-order valence-corrected chi connectivity index (χ4v) is 2.72. The summed E-state index contributed by atoms with van der Waals surface area (Å²) in [5, 5.41) is 0. The highest BCUT2D eigenvalue weighted by atomic mass is 32.2. The van der Waals surface area contributed by atoms with Gasteiger partial charge in [0.2, 0.25) is 0 Å². The zero-order valence-electron chi connectivity index (χ0n) is 15.4. The van der Waals surface area contributed by atoms with E-state index < -0.39 is 0 Å². The minimum atomic E-state index is 0.538. The van der Waals surface area contributed by atoms with Crippen molar-refractivity contribution in [2.45, 2.75) is 4.90 Å². The van der Waals surface area contributed by atoms with Crippen LogP contribution in [0.1, 0.15) is 0 Å². The van der Waals surface area contributed by atoms with Crippen molar-refractivity contribution in [2.24, 2.45) is 5.73 Å². The summed E-state index contributed by atoms with van der Waals surface area (Å²) < 4.78 is 26.9. The third-order valence-electron chi connectivity index (χ3n) is 3.10. The summed E-state index contributed by atoms with van der Waals surface area (Å²) in [5.74, 6) is 0.893.